The van der Waals surface area contributed by atoms with Crippen molar-refractivity contribution in [1.82, 2.24) is 19.9 Å². The zero-order valence-corrected chi connectivity index (χ0v) is 9.71. The van der Waals surface area contributed by atoms with Crippen LogP contribution in [-0.4, -0.2) is 26.2 Å². The van der Waals surface area contributed by atoms with Crippen molar-refractivity contribution in [3.05, 3.63) is 42.1 Å². The fourth-order valence-electron chi connectivity index (χ4n) is 1.89. The van der Waals surface area contributed by atoms with Gasteiger partial charge in [0.1, 0.15) is 17.8 Å². The number of imidazole rings is 1. The lowest BCUT2D eigenvalue weighted by molar-refractivity contribution is 0.111. The van der Waals surface area contributed by atoms with Crippen LogP contribution in [-0.2, 0) is 0 Å². The Morgan fingerprint density at radius 1 is 1.22 bits per heavy atom. The highest BCUT2D eigenvalue weighted by atomic mass is 16.1. The Bertz CT molecular complexity index is 733. The molecule has 5 heteroatoms. The van der Waals surface area contributed by atoms with Crippen molar-refractivity contribution in [3.8, 4) is 11.3 Å². The Labute approximate surface area is 103 Å². The number of nitrogens with zero attached hydrogens (tertiary/aromatic N) is 3. The van der Waals surface area contributed by atoms with Gasteiger partial charge < -0.3 is 4.98 Å². The number of aryl methyl sites for hydroxylation is 1. The molecule has 3 rings (SSSR count). The van der Waals surface area contributed by atoms with Gasteiger partial charge in [0.15, 0.2) is 6.29 Å². The Hall–Kier alpha value is -2.56. The van der Waals surface area contributed by atoms with Gasteiger partial charge in [0.05, 0.1) is 16.7 Å². The maximum atomic E-state index is 10.7. The van der Waals surface area contributed by atoms with E-state index in [9.17, 15) is 4.79 Å². The van der Waals surface area contributed by atoms with Gasteiger partial charge in [-0.3, -0.25) is 4.79 Å². The summed E-state index contributed by atoms with van der Waals surface area (Å²) in [6.07, 6.45) is 2.10. The van der Waals surface area contributed by atoms with Gasteiger partial charge in [-0.2, -0.15) is 0 Å². The molecule has 18 heavy (non-hydrogen) atoms. The lowest BCUT2D eigenvalue weighted by Crippen LogP contribution is -1.91. The van der Waals surface area contributed by atoms with E-state index in [1.54, 1.807) is 6.07 Å². The third kappa shape index (κ3) is 1.75. The Morgan fingerprint density at radius 3 is 2.94 bits per heavy atom. The first kappa shape index (κ1) is 10.6. The summed E-state index contributed by atoms with van der Waals surface area (Å²) in [5.41, 5.74) is 3.90. The van der Waals surface area contributed by atoms with Crippen LogP contribution in [0.25, 0.3) is 22.3 Å². The minimum atomic E-state index is 0.376. The highest BCUT2D eigenvalue weighted by Crippen LogP contribution is 2.21. The second kappa shape index (κ2) is 4.03. The molecule has 0 radical (unpaired) electrons. The molecule has 2 aromatic heterocycles. The van der Waals surface area contributed by atoms with Crippen LogP contribution < -0.4 is 0 Å². The number of carbonyl (C=O) groups excluding carboxylic acids is 1. The van der Waals surface area contributed by atoms with Crippen LogP contribution in [0.3, 0.4) is 0 Å². The van der Waals surface area contributed by atoms with Crippen molar-refractivity contribution >= 4 is 17.3 Å². The Morgan fingerprint density at radius 2 is 2.11 bits per heavy atom. The molecule has 0 bridgehead atoms. The van der Waals surface area contributed by atoms with E-state index in [1.165, 1.54) is 6.33 Å². The van der Waals surface area contributed by atoms with Gasteiger partial charge in [-0.25, -0.2) is 15.0 Å². The van der Waals surface area contributed by atoms with E-state index in [0.29, 0.717) is 12.0 Å². The minimum absolute atomic E-state index is 0.376. The fraction of sp³-hybridized carbons (Fsp3) is 0.0769. The van der Waals surface area contributed by atoms with E-state index in [2.05, 4.69) is 19.9 Å². The monoisotopic (exact) mass is 238 g/mol. The maximum absolute atomic E-state index is 10.7. The standard InChI is InChI=1S/C13H10N4O/c1-8-16-11-3-2-9(4-13(11)17-8)12-5-10(6-18)14-7-15-12/h2-7H,1H3,(H,16,17). The zero-order chi connectivity index (χ0) is 12.5. The number of hydrogen-bond acceptors (Lipinski definition) is 4. The molecule has 0 atom stereocenters. The van der Waals surface area contributed by atoms with Crippen molar-refractivity contribution in [2.24, 2.45) is 0 Å². The summed E-state index contributed by atoms with van der Waals surface area (Å²) < 4.78 is 0. The summed E-state index contributed by atoms with van der Waals surface area (Å²) >= 11 is 0. The highest BCUT2D eigenvalue weighted by Gasteiger charge is 2.05. The summed E-state index contributed by atoms with van der Waals surface area (Å²) in [4.78, 5) is 26.2. The summed E-state index contributed by atoms with van der Waals surface area (Å²) in [6, 6.07) is 7.49. The molecule has 1 N–H and O–H groups in total. The topological polar surface area (TPSA) is 71.5 Å². The van der Waals surface area contributed by atoms with Crippen molar-refractivity contribution < 1.29 is 4.79 Å². The first-order valence-corrected chi connectivity index (χ1v) is 5.50. The number of rotatable bonds is 2. The van der Waals surface area contributed by atoms with Gasteiger partial charge in [0.25, 0.3) is 0 Å². The average Bonchev–Trinajstić information content (AvgIpc) is 2.77. The smallest absolute Gasteiger partial charge is 0.168 e. The molecule has 0 saturated heterocycles. The van der Waals surface area contributed by atoms with Crippen LogP contribution in [0.4, 0.5) is 0 Å². The molecule has 3 aromatic rings. The van der Waals surface area contributed by atoms with Crippen LogP contribution in [0.15, 0.2) is 30.6 Å². The van der Waals surface area contributed by atoms with Crippen molar-refractivity contribution in [2.75, 3.05) is 0 Å². The number of carbonyl (C=O) groups is 1. The number of H-pyrrole nitrogens is 1. The number of aromatic nitrogens is 4. The second-order valence-electron chi connectivity index (χ2n) is 4.00. The predicted octanol–water partition coefficient (Wildman–Crippen LogP) is 2.14. The summed E-state index contributed by atoms with van der Waals surface area (Å²) in [5, 5.41) is 0. The number of aromatic amines is 1. The Kier molecular flexibility index (Phi) is 2.37. The molecule has 88 valence electrons. The molecule has 0 fully saturated rings. The molecule has 0 amide bonds. The first-order chi connectivity index (χ1) is 8.76. The van der Waals surface area contributed by atoms with Crippen LogP contribution in [0, 0.1) is 6.92 Å². The Balaban J connectivity index is 2.15. The molecule has 0 unspecified atom stereocenters. The summed E-state index contributed by atoms with van der Waals surface area (Å²) in [6.45, 7) is 1.91. The molecular weight excluding hydrogens is 228 g/mol. The lowest BCUT2D eigenvalue weighted by atomic mass is 10.1. The van der Waals surface area contributed by atoms with Gasteiger partial charge in [-0.1, -0.05) is 6.07 Å². The number of nitrogens with one attached hydrogen (secondary N) is 1. The third-order valence-electron chi connectivity index (χ3n) is 2.71. The van der Waals surface area contributed by atoms with Crippen molar-refractivity contribution in [1.29, 1.82) is 0 Å². The molecule has 2 heterocycles. The molecule has 0 spiro atoms. The zero-order valence-electron chi connectivity index (χ0n) is 9.71. The minimum Gasteiger partial charge on any atom is -0.342 e. The van der Waals surface area contributed by atoms with E-state index in [0.717, 1.165) is 28.1 Å². The predicted molar refractivity (Wildman–Crippen MR) is 67.2 cm³/mol. The molecule has 0 aliphatic heterocycles. The number of aldehydes is 1. The SMILES string of the molecule is Cc1nc2ccc(-c3cc(C=O)ncn3)cc2[nH]1. The fourth-order valence-corrected chi connectivity index (χ4v) is 1.89. The summed E-state index contributed by atoms with van der Waals surface area (Å²) in [5.74, 6) is 0.874. The van der Waals surface area contributed by atoms with Gasteiger partial charge in [-0.15, -0.1) is 0 Å². The van der Waals surface area contributed by atoms with E-state index in [-0.39, 0.29) is 0 Å². The van der Waals surface area contributed by atoms with Gasteiger partial charge in [0, 0.05) is 5.56 Å². The van der Waals surface area contributed by atoms with Crippen LogP contribution in [0.5, 0.6) is 0 Å². The van der Waals surface area contributed by atoms with Gasteiger partial charge >= 0.3 is 0 Å². The van der Waals surface area contributed by atoms with Gasteiger partial charge in [0.2, 0.25) is 0 Å². The molecule has 0 saturated carbocycles. The van der Waals surface area contributed by atoms with Crippen LogP contribution >= 0.6 is 0 Å². The number of benzene rings is 1. The highest BCUT2D eigenvalue weighted by molar-refractivity contribution is 5.82. The second-order valence-corrected chi connectivity index (χ2v) is 4.00. The van der Waals surface area contributed by atoms with Gasteiger partial charge in [-0.05, 0) is 25.1 Å². The maximum Gasteiger partial charge on any atom is 0.168 e. The normalized spacial score (nSPS) is 10.7. The van der Waals surface area contributed by atoms with Crippen molar-refractivity contribution in [3.63, 3.8) is 0 Å². The largest absolute Gasteiger partial charge is 0.342 e. The van der Waals surface area contributed by atoms with Crippen LogP contribution in [0.1, 0.15) is 16.3 Å². The molecule has 5 nitrogen and oxygen atoms in total. The molecule has 0 aliphatic rings. The van der Waals surface area contributed by atoms with E-state index < -0.39 is 0 Å². The molecule has 1 aromatic carbocycles. The average molecular weight is 238 g/mol. The number of fused-ring (bicyclic) bond motifs is 1. The molecular formula is C13H10N4O. The van der Waals surface area contributed by atoms with E-state index >= 15 is 0 Å². The van der Waals surface area contributed by atoms with Crippen molar-refractivity contribution in [2.45, 2.75) is 6.92 Å². The van der Waals surface area contributed by atoms with E-state index in [1.807, 2.05) is 25.1 Å². The lowest BCUT2D eigenvalue weighted by Gasteiger charge is -2.00. The molecule has 0 aliphatic carbocycles. The number of hydrogen-bond donors (Lipinski definition) is 1. The summed E-state index contributed by atoms with van der Waals surface area (Å²) in [7, 11) is 0. The first-order valence-electron chi connectivity index (χ1n) is 5.50. The third-order valence-corrected chi connectivity index (χ3v) is 2.71. The quantitative estimate of drug-likeness (QED) is 0.694. The van der Waals surface area contributed by atoms with E-state index in [4.69, 9.17) is 0 Å². The van der Waals surface area contributed by atoms with Crippen LogP contribution in [0.2, 0.25) is 0 Å².